The first-order valence-electron chi connectivity index (χ1n) is 8.02. The molecule has 5 nitrogen and oxygen atoms in total. The molecule has 1 aromatic heterocycles. The summed E-state index contributed by atoms with van der Waals surface area (Å²) in [5, 5.41) is 7.07. The number of hydrazine groups is 1. The van der Waals surface area contributed by atoms with E-state index in [2.05, 4.69) is 39.3 Å². The van der Waals surface area contributed by atoms with Gasteiger partial charge in [0, 0.05) is 32.4 Å². The van der Waals surface area contributed by atoms with Crippen molar-refractivity contribution in [3.63, 3.8) is 0 Å². The van der Waals surface area contributed by atoms with Crippen LogP contribution in [-0.4, -0.2) is 52.9 Å². The molecule has 0 bridgehead atoms. The van der Waals surface area contributed by atoms with Gasteiger partial charge in [0.15, 0.2) is 0 Å². The van der Waals surface area contributed by atoms with E-state index in [9.17, 15) is 0 Å². The molecule has 0 radical (unpaired) electrons. The van der Waals surface area contributed by atoms with Crippen molar-refractivity contribution in [2.45, 2.75) is 44.7 Å². The molecule has 1 saturated heterocycles. The van der Waals surface area contributed by atoms with Crippen LogP contribution in [0.15, 0.2) is 12.3 Å². The van der Waals surface area contributed by atoms with E-state index < -0.39 is 0 Å². The summed E-state index contributed by atoms with van der Waals surface area (Å²) in [5.74, 6) is 0. The maximum Gasteiger partial charge on any atom is 0.0776 e. The summed E-state index contributed by atoms with van der Waals surface area (Å²) in [5.41, 5.74) is 4.67. The molecular formula is C15H27N5. The molecule has 1 N–H and O–H groups in total. The Hall–Kier alpha value is -0.910. The van der Waals surface area contributed by atoms with Crippen molar-refractivity contribution >= 4 is 0 Å². The Bertz CT molecular complexity index is 402. The summed E-state index contributed by atoms with van der Waals surface area (Å²) < 4.78 is 2.19. The van der Waals surface area contributed by atoms with Crippen LogP contribution in [0.25, 0.3) is 0 Å². The summed E-state index contributed by atoms with van der Waals surface area (Å²) >= 11 is 0. The van der Waals surface area contributed by atoms with Crippen LogP contribution in [-0.2, 0) is 6.54 Å². The SMILES string of the molecule is CN1CCN(NCc2ccn(C3CCCCC3)n2)CC1. The van der Waals surface area contributed by atoms with Crippen LogP contribution in [0.5, 0.6) is 0 Å². The van der Waals surface area contributed by atoms with Gasteiger partial charge in [-0.3, -0.25) is 4.68 Å². The molecule has 1 aliphatic heterocycles. The largest absolute Gasteiger partial charge is 0.304 e. The van der Waals surface area contributed by atoms with Crippen molar-refractivity contribution < 1.29 is 0 Å². The monoisotopic (exact) mass is 277 g/mol. The fourth-order valence-electron chi connectivity index (χ4n) is 3.18. The summed E-state index contributed by atoms with van der Waals surface area (Å²) in [7, 11) is 2.18. The predicted octanol–water partition coefficient (Wildman–Crippen LogP) is 1.64. The summed E-state index contributed by atoms with van der Waals surface area (Å²) in [6.07, 6.45) is 8.88. The van der Waals surface area contributed by atoms with E-state index >= 15 is 0 Å². The lowest BCUT2D eigenvalue weighted by Gasteiger charge is -2.32. The van der Waals surface area contributed by atoms with E-state index in [1.165, 1.54) is 32.1 Å². The van der Waals surface area contributed by atoms with Crippen LogP contribution < -0.4 is 5.43 Å². The highest BCUT2D eigenvalue weighted by Gasteiger charge is 2.17. The fourth-order valence-corrected chi connectivity index (χ4v) is 3.18. The van der Waals surface area contributed by atoms with E-state index in [1.54, 1.807) is 0 Å². The van der Waals surface area contributed by atoms with Gasteiger partial charge in [0.2, 0.25) is 0 Å². The van der Waals surface area contributed by atoms with Gasteiger partial charge < -0.3 is 4.90 Å². The number of nitrogens with one attached hydrogen (secondary N) is 1. The van der Waals surface area contributed by atoms with Crippen molar-refractivity contribution in [3.8, 4) is 0 Å². The zero-order valence-electron chi connectivity index (χ0n) is 12.6. The third kappa shape index (κ3) is 3.59. The van der Waals surface area contributed by atoms with E-state index in [0.717, 1.165) is 38.4 Å². The Morgan fingerprint density at radius 3 is 2.65 bits per heavy atom. The van der Waals surface area contributed by atoms with Gasteiger partial charge in [0.05, 0.1) is 18.3 Å². The van der Waals surface area contributed by atoms with Gasteiger partial charge in [-0.05, 0) is 26.0 Å². The molecule has 2 aliphatic rings. The molecule has 0 aromatic carbocycles. The van der Waals surface area contributed by atoms with Crippen molar-refractivity contribution in [1.29, 1.82) is 0 Å². The molecular weight excluding hydrogens is 250 g/mol. The van der Waals surface area contributed by atoms with E-state index in [4.69, 9.17) is 5.10 Å². The molecule has 0 amide bonds. The highest BCUT2D eigenvalue weighted by Crippen LogP contribution is 2.27. The maximum atomic E-state index is 4.75. The lowest BCUT2D eigenvalue weighted by Crippen LogP contribution is -2.50. The van der Waals surface area contributed by atoms with Gasteiger partial charge in [-0.2, -0.15) is 5.10 Å². The Morgan fingerprint density at radius 2 is 1.90 bits per heavy atom. The highest BCUT2D eigenvalue weighted by molar-refractivity contribution is 4.99. The Labute approximate surface area is 121 Å². The number of hydrogen-bond donors (Lipinski definition) is 1. The molecule has 1 aromatic rings. The van der Waals surface area contributed by atoms with Crippen molar-refractivity contribution in [2.24, 2.45) is 0 Å². The second-order valence-corrected chi connectivity index (χ2v) is 6.20. The second kappa shape index (κ2) is 6.70. The van der Waals surface area contributed by atoms with Crippen LogP contribution in [0.2, 0.25) is 0 Å². The summed E-state index contributed by atoms with van der Waals surface area (Å²) in [6, 6.07) is 2.80. The average Bonchev–Trinajstić information content (AvgIpc) is 2.97. The molecule has 2 heterocycles. The van der Waals surface area contributed by atoms with Gasteiger partial charge in [-0.25, -0.2) is 10.4 Å². The normalized spacial score (nSPS) is 23.2. The fraction of sp³-hybridized carbons (Fsp3) is 0.800. The zero-order valence-corrected chi connectivity index (χ0v) is 12.6. The van der Waals surface area contributed by atoms with E-state index in [-0.39, 0.29) is 0 Å². The quantitative estimate of drug-likeness (QED) is 0.908. The Balaban J connectivity index is 1.47. The van der Waals surface area contributed by atoms with Gasteiger partial charge in [0.25, 0.3) is 0 Å². The third-order valence-electron chi connectivity index (χ3n) is 4.60. The lowest BCUT2D eigenvalue weighted by atomic mass is 9.96. The van der Waals surface area contributed by atoms with Crippen LogP contribution >= 0.6 is 0 Å². The first-order chi connectivity index (χ1) is 9.81. The molecule has 0 unspecified atom stereocenters. The number of piperazine rings is 1. The maximum absolute atomic E-state index is 4.75. The second-order valence-electron chi connectivity index (χ2n) is 6.20. The number of nitrogens with zero attached hydrogens (tertiary/aromatic N) is 4. The Morgan fingerprint density at radius 1 is 1.15 bits per heavy atom. The summed E-state index contributed by atoms with van der Waals surface area (Å²) in [4.78, 5) is 2.37. The van der Waals surface area contributed by atoms with Crippen LogP contribution in [0.4, 0.5) is 0 Å². The van der Waals surface area contributed by atoms with Gasteiger partial charge in [-0.1, -0.05) is 19.3 Å². The lowest BCUT2D eigenvalue weighted by molar-refractivity contribution is 0.101. The zero-order chi connectivity index (χ0) is 13.8. The minimum atomic E-state index is 0.640. The van der Waals surface area contributed by atoms with Crippen molar-refractivity contribution in [3.05, 3.63) is 18.0 Å². The predicted molar refractivity (Wildman–Crippen MR) is 80.3 cm³/mol. The minimum Gasteiger partial charge on any atom is -0.304 e. The van der Waals surface area contributed by atoms with Gasteiger partial charge in [-0.15, -0.1) is 0 Å². The van der Waals surface area contributed by atoms with Crippen LogP contribution in [0.3, 0.4) is 0 Å². The molecule has 0 spiro atoms. The number of hydrogen-bond acceptors (Lipinski definition) is 4. The first-order valence-corrected chi connectivity index (χ1v) is 8.02. The molecule has 112 valence electrons. The third-order valence-corrected chi connectivity index (χ3v) is 4.60. The molecule has 0 atom stereocenters. The molecule has 3 rings (SSSR count). The van der Waals surface area contributed by atoms with Gasteiger partial charge >= 0.3 is 0 Å². The molecule has 20 heavy (non-hydrogen) atoms. The highest BCUT2D eigenvalue weighted by atomic mass is 15.5. The molecule has 2 fully saturated rings. The van der Waals surface area contributed by atoms with Crippen LogP contribution in [0, 0.1) is 0 Å². The molecule has 5 heteroatoms. The van der Waals surface area contributed by atoms with Gasteiger partial charge in [0.1, 0.15) is 0 Å². The molecule has 1 aliphatic carbocycles. The number of rotatable bonds is 4. The van der Waals surface area contributed by atoms with Crippen LogP contribution in [0.1, 0.15) is 43.8 Å². The van der Waals surface area contributed by atoms with E-state index in [1.807, 2.05) is 0 Å². The smallest absolute Gasteiger partial charge is 0.0776 e. The first kappa shape index (κ1) is 14.0. The summed E-state index contributed by atoms with van der Waals surface area (Å²) in [6.45, 7) is 5.33. The molecule has 1 saturated carbocycles. The van der Waals surface area contributed by atoms with Crippen molar-refractivity contribution in [2.75, 3.05) is 33.2 Å². The average molecular weight is 277 g/mol. The topological polar surface area (TPSA) is 36.3 Å². The Kier molecular flexibility index (Phi) is 4.70. The minimum absolute atomic E-state index is 0.640. The van der Waals surface area contributed by atoms with Crippen molar-refractivity contribution in [1.82, 2.24) is 25.1 Å². The number of aromatic nitrogens is 2. The standard InChI is InChI=1S/C15H27N5/c1-18-9-11-19(12-10-18)16-13-14-7-8-20(17-14)15-5-3-2-4-6-15/h7-8,15-16H,2-6,9-13H2,1H3. The van der Waals surface area contributed by atoms with E-state index in [0.29, 0.717) is 6.04 Å². The number of likely N-dealkylation sites (N-methyl/N-ethyl adjacent to an activating group) is 1.